The number of nitrogens with one attached hydrogen (secondary N) is 1. The van der Waals surface area contributed by atoms with Crippen LogP contribution in [0.2, 0.25) is 0 Å². The fraction of sp³-hybridized carbons (Fsp3) is 0.143. The molecule has 0 atom stereocenters. The third kappa shape index (κ3) is 2.84. The monoisotopic (exact) mass is 258 g/mol. The molecule has 1 aromatic carbocycles. The summed E-state index contributed by atoms with van der Waals surface area (Å²) >= 11 is 1.62. The number of nitrogens with zero attached hydrogens (tertiary/aromatic N) is 1. The van der Waals surface area contributed by atoms with Crippen LogP contribution < -0.4 is 5.43 Å². The molecule has 1 amide bonds. The molecule has 0 bridgehead atoms. The van der Waals surface area contributed by atoms with Gasteiger partial charge in [0.1, 0.15) is 0 Å². The van der Waals surface area contributed by atoms with Crippen molar-refractivity contribution in [1.29, 1.82) is 0 Å². The number of aryl methyl sites for hydroxylation is 1. The molecule has 0 unspecified atom stereocenters. The molecule has 0 aliphatic rings. The Hall–Kier alpha value is -1.94. The molecular formula is C14H14N2OS. The highest BCUT2D eigenvalue weighted by atomic mass is 32.1. The van der Waals surface area contributed by atoms with E-state index in [1.54, 1.807) is 23.5 Å². The molecule has 1 aromatic heterocycles. The first-order chi connectivity index (χ1) is 8.68. The van der Waals surface area contributed by atoms with Gasteiger partial charge in [-0.1, -0.05) is 18.2 Å². The van der Waals surface area contributed by atoms with E-state index in [1.807, 2.05) is 43.5 Å². The number of carbonyl (C=O) groups is 1. The van der Waals surface area contributed by atoms with E-state index in [4.69, 9.17) is 0 Å². The second-order valence-corrected chi connectivity index (χ2v) is 4.85. The van der Waals surface area contributed by atoms with Crippen molar-refractivity contribution in [1.82, 2.24) is 5.43 Å². The Balaban J connectivity index is 2.08. The zero-order chi connectivity index (χ0) is 13.0. The largest absolute Gasteiger partial charge is 0.271 e. The van der Waals surface area contributed by atoms with Gasteiger partial charge >= 0.3 is 0 Å². The maximum absolute atomic E-state index is 11.8. The molecule has 3 nitrogen and oxygen atoms in total. The lowest BCUT2D eigenvalue weighted by Gasteiger charge is -2.02. The molecule has 0 spiro atoms. The van der Waals surface area contributed by atoms with Crippen LogP contribution in [0.25, 0.3) is 0 Å². The number of carbonyl (C=O) groups excluding carboxylic acids is 1. The van der Waals surface area contributed by atoms with Crippen LogP contribution in [0.5, 0.6) is 0 Å². The average Bonchev–Trinajstić information content (AvgIpc) is 2.83. The first kappa shape index (κ1) is 12.5. The van der Waals surface area contributed by atoms with E-state index in [9.17, 15) is 4.79 Å². The van der Waals surface area contributed by atoms with Gasteiger partial charge in [0.15, 0.2) is 0 Å². The summed E-state index contributed by atoms with van der Waals surface area (Å²) < 4.78 is 0. The molecule has 0 radical (unpaired) electrons. The number of hydrogen-bond acceptors (Lipinski definition) is 3. The van der Waals surface area contributed by atoms with Crippen LogP contribution in [0.15, 0.2) is 46.9 Å². The second kappa shape index (κ2) is 5.60. The summed E-state index contributed by atoms with van der Waals surface area (Å²) in [5.41, 5.74) is 5.18. The van der Waals surface area contributed by atoms with Crippen molar-refractivity contribution in [3.63, 3.8) is 0 Å². The predicted molar refractivity (Wildman–Crippen MR) is 75.2 cm³/mol. The minimum Gasteiger partial charge on any atom is -0.267 e. The molecule has 0 saturated heterocycles. The minimum atomic E-state index is -0.191. The third-order valence-corrected chi connectivity index (χ3v) is 3.68. The van der Waals surface area contributed by atoms with Gasteiger partial charge in [-0.05, 0) is 43.0 Å². The third-order valence-electron chi connectivity index (χ3n) is 2.55. The van der Waals surface area contributed by atoms with Crippen LogP contribution in [0.1, 0.15) is 27.7 Å². The van der Waals surface area contributed by atoms with Crippen LogP contribution in [-0.2, 0) is 0 Å². The van der Waals surface area contributed by atoms with Crippen molar-refractivity contribution in [2.75, 3.05) is 0 Å². The molecule has 0 aliphatic carbocycles. The predicted octanol–water partition coefficient (Wildman–Crippen LogP) is 3.21. The standard InChI is InChI=1S/C14H14N2OS/c1-10-8-9-18-13(10)11(2)15-16-14(17)12-6-4-3-5-7-12/h3-9H,1-2H3,(H,16,17). The quantitative estimate of drug-likeness (QED) is 0.666. The lowest BCUT2D eigenvalue weighted by atomic mass is 10.2. The van der Waals surface area contributed by atoms with E-state index >= 15 is 0 Å². The smallest absolute Gasteiger partial charge is 0.267 e. The Labute approximate surface area is 110 Å². The maximum Gasteiger partial charge on any atom is 0.271 e. The lowest BCUT2D eigenvalue weighted by molar-refractivity contribution is 0.0955. The molecule has 0 aliphatic heterocycles. The topological polar surface area (TPSA) is 41.5 Å². The number of amides is 1. The molecular weight excluding hydrogens is 244 g/mol. The van der Waals surface area contributed by atoms with Crippen molar-refractivity contribution >= 4 is 23.0 Å². The SMILES string of the molecule is CC(=NNC(=O)c1ccccc1)c1sccc1C. The highest BCUT2D eigenvalue weighted by Crippen LogP contribution is 2.16. The van der Waals surface area contributed by atoms with Gasteiger partial charge in [0.2, 0.25) is 0 Å². The fourth-order valence-corrected chi connectivity index (χ4v) is 2.46. The normalized spacial score (nSPS) is 11.3. The first-order valence-electron chi connectivity index (χ1n) is 5.62. The van der Waals surface area contributed by atoms with Crippen molar-refractivity contribution in [2.45, 2.75) is 13.8 Å². The van der Waals surface area contributed by atoms with Crippen LogP contribution in [0.4, 0.5) is 0 Å². The van der Waals surface area contributed by atoms with Gasteiger partial charge in [-0.15, -0.1) is 11.3 Å². The Morgan fingerprint density at radius 3 is 2.56 bits per heavy atom. The van der Waals surface area contributed by atoms with Gasteiger partial charge in [0.25, 0.3) is 5.91 Å². The van der Waals surface area contributed by atoms with E-state index in [2.05, 4.69) is 10.5 Å². The molecule has 1 N–H and O–H groups in total. The summed E-state index contributed by atoms with van der Waals surface area (Å²) in [6.45, 7) is 3.92. The molecule has 2 aromatic rings. The molecule has 18 heavy (non-hydrogen) atoms. The van der Waals surface area contributed by atoms with Crippen molar-refractivity contribution in [3.05, 3.63) is 57.8 Å². The zero-order valence-corrected chi connectivity index (χ0v) is 11.1. The number of hydrogen-bond donors (Lipinski definition) is 1. The van der Waals surface area contributed by atoms with E-state index < -0.39 is 0 Å². The van der Waals surface area contributed by atoms with Gasteiger partial charge in [-0.2, -0.15) is 5.10 Å². The molecule has 0 fully saturated rings. The molecule has 92 valence electrons. The molecule has 1 heterocycles. The summed E-state index contributed by atoms with van der Waals surface area (Å²) in [4.78, 5) is 12.9. The number of hydrazone groups is 1. The summed E-state index contributed by atoms with van der Waals surface area (Å²) in [6, 6.07) is 11.1. The molecule has 4 heteroatoms. The van der Waals surface area contributed by atoms with Gasteiger partial charge in [-0.25, -0.2) is 5.43 Å². The average molecular weight is 258 g/mol. The summed E-state index contributed by atoms with van der Waals surface area (Å²) in [6.07, 6.45) is 0. The number of benzene rings is 1. The number of thiophene rings is 1. The Kier molecular flexibility index (Phi) is 3.89. The van der Waals surface area contributed by atoms with E-state index in [0.29, 0.717) is 5.56 Å². The van der Waals surface area contributed by atoms with Crippen LogP contribution >= 0.6 is 11.3 Å². The van der Waals surface area contributed by atoms with E-state index in [1.165, 1.54) is 5.56 Å². The zero-order valence-electron chi connectivity index (χ0n) is 10.3. The fourth-order valence-electron chi connectivity index (χ4n) is 1.58. The number of rotatable bonds is 3. The Morgan fingerprint density at radius 2 is 1.94 bits per heavy atom. The van der Waals surface area contributed by atoms with Gasteiger partial charge in [0.05, 0.1) is 10.6 Å². The van der Waals surface area contributed by atoms with Gasteiger partial charge in [-0.3, -0.25) is 4.79 Å². The minimum absolute atomic E-state index is 0.191. The second-order valence-electron chi connectivity index (χ2n) is 3.94. The lowest BCUT2D eigenvalue weighted by Crippen LogP contribution is -2.19. The Bertz CT molecular complexity index is 572. The maximum atomic E-state index is 11.8. The van der Waals surface area contributed by atoms with E-state index in [0.717, 1.165) is 10.6 Å². The summed E-state index contributed by atoms with van der Waals surface area (Å²) in [5.74, 6) is -0.191. The van der Waals surface area contributed by atoms with Crippen molar-refractivity contribution < 1.29 is 4.79 Å². The van der Waals surface area contributed by atoms with Crippen LogP contribution in [0, 0.1) is 6.92 Å². The van der Waals surface area contributed by atoms with Gasteiger partial charge in [0, 0.05) is 5.56 Å². The van der Waals surface area contributed by atoms with Crippen molar-refractivity contribution in [3.8, 4) is 0 Å². The molecule has 0 saturated carbocycles. The Morgan fingerprint density at radius 1 is 1.22 bits per heavy atom. The highest BCUT2D eigenvalue weighted by Gasteiger charge is 2.06. The summed E-state index contributed by atoms with van der Waals surface area (Å²) in [7, 11) is 0. The highest BCUT2D eigenvalue weighted by molar-refractivity contribution is 7.12. The van der Waals surface area contributed by atoms with E-state index in [-0.39, 0.29) is 5.91 Å². The van der Waals surface area contributed by atoms with Crippen LogP contribution in [0.3, 0.4) is 0 Å². The first-order valence-corrected chi connectivity index (χ1v) is 6.50. The summed E-state index contributed by atoms with van der Waals surface area (Å²) in [5, 5.41) is 6.15. The van der Waals surface area contributed by atoms with Crippen LogP contribution in [-0.4, -0.2) is 11.6 Å². The van der Waals surface area contributed by atoms with Gasteiger partial charge < -0.3 is 0 Å². The molecule has 2 rings (SSSR count). The van der Waals surface area contributed by atoms with Crippen molar-refractivity contribution in [2.24, 2.45) is 5.10 Å².